The third kappa shape index (κ3) is 3.32. The molecule has 0 saturated carbocycles. The minimum Gasteiger partial charge on any atom is -0.477 e. The average molecular weight is 344 g/mol. The summed E-state index contributed by atoms with van der Waals surface area (Å²) in [5, 5.41) is 13.3. The zero-order chi connectivity index (χ0) is 17.3. The zero-order valence-corrected chi connectivity index (χ0v) is 14.8. The predicted molar refractivity (Wildman–Crippen MR) is 94.4 cm³/mol. The van der Waals surface area contributed by atoms with Gasteiger partial charge in [-0.15, -0.1) is 11.3 Å². The van der Waals surface area contributed by atoms with E-state index < -0.39 is 5.97 Å². The van der Waals surface area contributed by atoms with E-state index in [1.807, 2.05) is 14.0 Å². The van der Waals surface area contributed by atoms with Gasteiger partial charge < -0.3 is 9.67 Å². The van der Waals surface area contributed by atoms with Gasteiger partial charge in [0.25, 0.3) is 0 Å². The zero-order valence-electron chi connectivity index (χ0n) is 14.0. The number of hydrogen-bond acceptors (Lipinski definition) is 5. The van der Waals surface area contributed by atoms with Crippen LogP contribution in [0, 0.1) is 6.92 Å². The molecule has 0 aromatic carbocycles. The lowest BCUT2D eigenvalue weighted by Gasteiger charge is -2.14. The number of nitrogens with zero attached hydrogens (tertiary/aromatic N) is 4. The summed E-state index contributed by atoms with van der Waals surface area (Å²) in [5.41, 5.74) is 3.21. The summed E-state index contributed by atoms with van der Waals surface area (Å²) in [6.45, 7) is 6.38. The van der Waals surface area contributed by atoms with Crippen LogP contribution in [0.5, 0.6) is 0 Å². The Bertz CT molecular complexity index is 884. The summed E-state index contributed by atoms with van der Waals surface area (Å²) >= 11 is 1.65. The Kier molecular flexibility index (Phi) is 4.64. The van der Waals surface area contributed by atoms with E-state index in [-0.39, 0.29) is 5.69 Å². The van der Waals surface area contributed by atoms with Crippen LogP contribution < -0.4 is 0 Å². The van der Waals surface area contributed by atoms with Gasteiger partial charge in [0.2, 0.25) is 0 Å². The van der Waals surface area contributed by atoms with E-state index >= 15 is 0 Å². The number of carbonyl (C=O) groups is 1. The second kappa shape index (κ2) is 6.70. The van der Waals surface area contributed by atoms with Crippen molar-refractivity contribution < 1.29 is 9.90 Å². The molecule has 126 valence electrons. The van der Waals surface area contributed by atoms with E-state index in [0.717, 1.165) is 46.8 Å². The molecule has 24 heavy (non-hydrogen) atoms. The number of pyridine rings is 1. The molecule has 0 aliphatic rings. The van der Waals surface area contributed by atoms with Crippen molar-refractivity contribution in [2.45, 2.75) is 33.5 Å². The fourth-order valence-electron chi connectivity index (χ4n) is 2.87. The summed E-state index contributed by atoms with van der Waals surface area (Å²) in [4.78, 5) is 21.9. The van der Waals surface area contributed by atoms with Gasteiger partial charge in [-0.1, -0.05) is 0 Å². The molecule has 7 heteroatoms. The molecule has 0 spiro atoms. The maximum Gasteiger partial charge on any atom is 0.354 e. The number of carboxylic acids is 1. The Labute approximate surface area is 144 Å². The fraction of sp³-hybridized carbons (Fsp3) is 0.353. The predicted octanol–water partition coefficient (Wildman–Crippen LogP) is 3.15. The largest absolute Gasteiger partial charge is 0.477 e. The Morgan fingerprint density at radius 1 is 1.42 bits per heavy atom. The quantitative estimate of drug-likeness (QED) is 0.744. The normalized spacial score (nSPS) is 11.5. The molecule has 0 radical (unpaired) electrons. The third-order valence-corrected chi connectivity index (χ3v) is 4.77. The van der Waals surface area contributed by atoms with Gasteiger partial charge in [-0.05, 0) is 32.5 Å². The van der Waals surface area contributed by atoms with E-state index in [2.05, 4.69) is 37.9 Å². The van der Waals surface area contributed by atoms with Crippen LogP contribution in [0.25, 0.3) is 10.9 Å². The van der Waals surface area contributed by atoms with Crippen LogP contribution in [0.2, 0.25) is 0 Å². The Balaban J connectivity index is 1.89. The Morgan fingerprint density at radius 3 is 2.83 bits per heavy atom. The van der Waals surface area contributed by atoms with E-state index in [1.54, 1.807) is 23.6 Å². The van der Waals surface area contributed by atoms with Crippen LogP contribution >= 0.6 is 11.3 Å². The van der Waals surface area contributed by atoms with Crippen LogP contribution in [0.3, 0.4) is 0 Å². The molecule has 3 heterocycles. The second-order valence-electron chi connectivity index (χ2n) is 5.86. The lowest BCUT2D eigenvalue weighted by molar-refractivity contribution is 0.0690. The van der Waals surface area contributed by atoms with Gasteiger partial charge in [-0.25, -0.2) is 14.8 Å². The fourth-order valence-corrected chi connectivity index (χ4v) is 3.47. The molecule has 3 rings (SSSR count). The molecule has 1 N–H and O–H groups in total. The smallest absolute Gasteiger partial charge is 0.354 e. The number of hydrogen-bond donors (Lipinski definition) is 1. The summed E-state index contributed by atoms with van der Waals surface area (Å²) in [6, 6.07) is 1.67. The van der Waals surface area contributed by atoms with Crippen molar-refractivity contribution in [3.8, 4) is 0 Å². The standard InChI is InChI=1S/C17H20N4O2S/c1-4-21-8-12(7-20(3)9-13-10-24-11(2)19-13)14-5-15(17(22)23)18-6-16(14)21/h5-6,8,10H,4,7,9H2,1-3H3,(H,22,23). The van der Waals surface area contributed by atoms with Crippen LogP contribution in [0.4, 0.5) is 0 Å². The Morgan fingerprint density at radius 2 is 2.21 bits per heavy atom. The van der Waals surface area contributed by atoms with Gasteiger partial charge in [-0.3, -0.25) is 4.90 Å². The topological polar surface area (TPSA) is 71.2 Å². The van der Waals surface area contributed by atoms with Crippen molar-refractivity contribution in [3.63, 3.8) is 0 Å². The maximum absolute atomic E-state index is 11.2. The number of fused-ring (bicyclic) bond motifs is 1. The third-order valence-electron chi connectivity index (χ3n) is 3.95. The molecule has 0 unspecified atom stereocenters. The molecule has 0 aliphatic carbocycles. The van der Waals surface area contributed by atoms with Crippen molar-refractivity contribution in [2.75, 3.05) is 7.05 Å². The van der Waals surface area contributed by atoms with Crippen molar-refractivity contribution >= 4 is 28.2 Å². The summed E-state index contributed by atoms with van der Waals surface area (Å²) in [5.74, 6) is -1.00. The number of carboxylic acid groups (broad SMARTS) is 1. The van der Waals surface area contributed by atoms with Crippen molar-refractivity contribution in [2.24, 2.45) is 0 Å². The highest BCUT2D eigenvalue weighted by atomic mass is 32.1. The highest BCUT2D eigenvalue weighted by Gasteiger charge is 2.14. The number of aryl methyl sites for hydroxylation is 2. The van der Waals surface area contributed by atoms with Gasteiger partial charge in [0.05, 0.1) is 22.4 Å². The lowest BCUT2D eigenvalue weighted by atomic mass is 10.1. The minimum atomic E-state index is -1.00. The first kappa shape index (κ1) is 16.6. The molecule has 0 saturated heterocycles. The summed E-state index contributed by atoms with van der Waals surface area (Å²) < 4.78 is 2.10. The van der Waals surface area contributed by atoms with Gasteiger partial charge in [-0.2, -0.15) is 0 Å². The van der Waals surface area contributed by atoms with Crippen LogP contribution in [-0.2, 0) is 19.6 Å². The molecule has 0 aliphatic heterocycles. The SMILES string of the molecule is CCn1cc(CN(C)Cc2csc(C)n2)c2cc(C(=O)O)ncc21. The molecule has 3 aromatic rings. The van der Waals surface area contributed by atoms with E-state index in [9.17, 15) is 9.90 Å². The number of thiazole rings is 1. The molecule has 0 amide bonds. The van der Waals surface area contributed by atoms with Gasteiger partial charge in [0.1, 0.15) is 5.69 Å². The molecule has 6 nitrogen and oxygen atoms in total. The second-order valence-corrected chi connectivity index (χ2v) is 6.92. The van der Waals surface area contributed by atoms with Crippen LogP contribution in [-0.4, -0.2) is 37.6 Å². The van der Waals surface area contributed by atoms with E-state index in [1.165, 1.54) is 0 Å². The number of rotatable bonds is 6. The highest BCUT2D eigenvalue weighted by molar-refractivity contribution is 7.09. The van der Waals surface area contributed by atoms with Crippen LogP contribution in [0.1, 0.15) is 33.7 Å². The molecule has 0 bridgehead atoms. The summed E-state index contributed by atoms with van der Waals surface area (Å²) in [6.07, 6.45) is 3.73. The molecular weight excluding hydrogens is 324 g/mol. The maximum atomic E-state index is 11.2. The van der Waals surface area contributed by atoms with Crippen molar-refractivity contribution in [1.82, 2.24) is 19.4 Å². The van der Waals surface area contributed by atoms with Crippen LogP contribution in [0.15, 0.2) is 23.8 Å². The number of aromatic nitrogens is 3. The first-order valence-corrected chi connectivity index (χ1v) is 8.66. The average Bonchev–Trinajstić information content (AvgIpc) is 3.10. The summed E-state index contributed by atoms with van der Waals surface area (Å²) in [7, 11) is 2.04. The number of aromatic carboxylic acids is 1. The van der Waals surface area contributed by atoms with Crippen molar-refractivity contribution in [3.05, 3.63) is 45.8 Å². The lowest BCUT2D eigenvalue weighted by Crippen LogP contribution is -2.17. The highest BCUT2D eigenvalue weighted by Crippen LogP contribution is 2.23. The molecule has 0 atom stereocenters. The van der Waals surface area contributed by atoms with Crippen molar-refractivity contribution in [1.29, 1.82) is 0 Å². The molecule has 3 aromatic heterocycles. The van der Waals surface area contributed by atoms with Gasteiger partial charge in [0.15, 0.2) is 0 Å². The van der Waals surface area contributed by atoms with E-state index in [0.29, 0.717) is 0 Å². The van der Waals surface area contributed by atoms with Gasteiger partial charge in [0, 0.05) is 36.6 Å². The first-order valence-electron chi connectivity index (χ1n) is 7.78. The van der Waals surface area contributed by atoms with Gasteiger partial charge >= 0.3 is 5.97 Å². The Hall–Kier alpha value is -2.25. The molecule has 0 fully saturated rings. The molecular formula is C17H20N4O2S. The van der Waals surface area contributed by atoms with E-state index in [4.69, 9.17) is 0 Å². The minimum absolute atomic E-state index is 0.0791. The first-order chi connectivity index (χ1) is 11.5. The monoisotopic (exact) mass is 344 g/mol.